The molecule has 0 aliphatic rings. The molecule has 0 unspecified atom stereocenters. The molecule has 2 rings (SSSR count). The summed E-state index contributed by atoms with van der Waals surface area (Å²) in [5, 5.41) is 1.73. The normalized spacial score (nSPS) is 11.3. The van der Waals surface area contributed by atoms with E-state index < -0.39 is 0 Å². The van der Waals surface area contributed by atoms with Crippen LogP contribution < -0.4 is 10.3 Å². The molecular weight excluding hydrogens is 298 g/mol. The van der Waals surface area contributed by atoms with Crippen LogP contribution in [0.5, 0.6) is 5.75 Å². The Bertz CT molecular complexity index is 688. The van der Waals surface area contributed by atoms with Gasteiger partial charge in [-0.15, -0.1) is 0 Å². The highest BCUT2D eigenvalue weighted by Crippen LogP contribution is 2.19. The Morgan fingerprint density at radius 1 is 1.00 bits per heavy atom. The molecule has 0 amide bonds. The highest BCUT2D eigenvalue weighted by atomic mass is 16.5. The fourth-order valence-electron chi connectivity index (χ4n) is 3.03. The summed E-state index contributed by atoms with van der Waals surface area (Å²) in [5.41, 5.74) is 0.106. The van der Waals surface area contributed by atoms with E-state index in [0.717, 1.165) is 29.5 Å². The van der Waals surface area contributed by atoms with E-state index in [1.54, 1.807) is 0 Å². The highest BCUT2D eigenvalue weighted by Gasteiger charge is 2.05. The Morgan fingerprint density at radius 3 is 2.42 bits per heavy atom. The average molecular weight is 329 g/mol. The van der Waals surface area contributed by atoms with Gasteiger partial charge < -0.3 is 9.30 Å². The summed E-state index contributed by atoms with van der Waals surface area (Å²) in [5.74, 6) is 0.821. The van der Waals surface area contributed by atoms with Crippen LogP contribution in [0.15, 0.2) is 35.3 Å². The van der Waals surface area contributed by atoms with E-state index in [1.807, 2.05) is 48.9 Å². The fourth-order valence-corrected chi connectivity index (χ4v) is 3.03. The van der Waals surface area contributed by atoms with Crippen molar-refractivity contribution in [1.82, 2.24) is 4.57 Å². The van der Waals surface area contributed by atoms with Crippen LogP contribution in [0.25, 0.3) is 10.8 Å². The SMILES string of the molecule is CCCCCCCCCn1ccc2cc(OC(C)C)ccc2c1=O. The molecule has 3 nitrogen and oxygen atoms in total. The number of rotatable bonds is 10. The molecule has 0 bridgehead atoms. The van der Waals surface area contributed by atoms with E-state index in [4.69, 9.17) is 4.74 Å². The van der Waals surface area contributed by atoms with Crippen LogP contribution in [0, 0.1) is 0 Å². The molecule has 0 aliphatic carbocycles. The van der Waals surface area contributed by atoms with Crippen molar-refractivity contribution in [1.29, 1.82) is 0 Å². The summed E-state index contributed by atoms with van der Waals surface area (Å²) in [6.07, 6.45) is 10.9. The summed E-state index contributed by atoms with van der Waals surface area (Å²) in [6, 6.07) is 7.75. The molecule has 0 aliphatic heterocycles. The molecule has 0 spiro atoms. The van der Waals surface area contributed by atoms with Crippen LogP contribution >= 0.6 is 0 Å². The second-order valence-electron chi connectivity index (χ2n) is 6.85. The number of aryl methyl sites for hydroxylation is 1. The smallest absolute Gasteiger partial charge is 0.258 e. The number of hydrogen-bond acceptors (Lipinski definition) is 2. The lowest BCUT2D eigenvalue weighted by Crippen LogP contribution is -2.19. The van der Waals surface area contributed by atoms with Crippen molar-refractivity contribution >= 4 is 10.8 Å². The molecule has 1 aromatic carbocycles. The summed E-state index contributed by atoms with van der Waals surface area (Å²) in [4.78, 5) is 12.6. The topological polar surface area (TPSA) is 31.2 Å². The quantitative estimate of drug-likeness (QED) is 0.536. The van der Waals surface area contributed by atoms with Crippen LogP contribution in [0.3, 0.4) is 0 Å². The van der Waals surface area contributed by atoms with Crippen molar-refractivity contribution in [3.05, 3.63) is 40.8 Å². The maximum absolute atomic E-state index is 12.6. The van der Waals surface area contributed by atoms with Gasteiger partial charge in [0.25, 0.3) is 5.56 Å². The first kappa shape index (κ1) is 18.6. The molecule has 1 aromatic heterocycles. The number of unbranched alkanes of at least 4 members (excludes halogenated alkanes) is 6. The van der Waals surface area contributed by atoms with Crippen molar-refractivity contribution in [2.24, 2.45) is 0 Å². The minimum absolute atomic E-state index is 0.106. The van der Waals surface area contributed by atoms with Crippen LogP contribution in [-0.2, 0) is 6.54 Å². The second-order valence-corrected chi connectivity index (χ2v) is 6.85. The number of nitrogens with zero attached hydrogens (tertiary/aromatic N) is 1. The van der Waals surface area contributed by atoms with Crippen LogP contribution in [0.4, 0.5) is 0 Å². The van der Waals surface area contributed by atoms with Crippen LogP contribution in [0.1, 0.15) is 65.7 Å². The van der Waals surface area contributed by atoms with Crippen molar-refractivity contribution in [3.63, 3.8) is 0 Å². The van der Waals surface area contributed by atoms with E-state index in [0.29, 0.717) is 0 Å². The van der Waals surface area contributed by atoms with Crippen LogP contribution in [-0.4, -0.2) is 10.7 Å². The molecular formula is C21H31NO2. The Hall–Kier alpha value is -1.77. The zero-order valence-corrected chi connectivity index (χ0v) is 15.4. The van der Waals surface area contributed by atoms with E-state index in [-0.39, 0.29) is 11.7 Å². The molecule has 0 fully saturated rings. The standard InChI is InChI=1S/C21H31NO2/c1-4-5-6-7-8-9-10-14-22-15-13-18-16-19(24-17(2)3)11-12-20(18)21(22)23/h11-13,15-17H,4-10,14H2,1-3H3. The molecule has 24 heavy (non-hydrogen) atoms. The molecule has 0 saturated carbocycles. The fraction of sp³-hybridized carbons (Fsp3) is 0.571. The maximum Gasteiger partial charge on any atom is 0.258 e. The summed E-state index contributed by atoms with van der Waals surface area (Å²) in [6.45, 7) is 7.06. The Labute approximate surface area is 145 Å². The number of fused-ring (bicyclic) bond motifs is 1. The summed E-state index contributed by atoms with van der Waals surface area (Å²) < 4.78 is 7.55. The lowest BCUT2D eigenvalue weighted by molar-refractivity contribution is 0.243. The first-order valence-electron chi connectivity index (χ1n) is 9.41. The first-order valence-corrected chi connectivity index (χ1v) is 9.41. The van der Waals surface area contributed by atoms with Crippen molar-refractivity contribution in [3.8, 4) is 5.75 Å². The zero-order chi connectivity index (χ0) is 17.4. The largest absolute Gasteiger partial charge is 0.491 e. The molecule has 3 heteroatoms. The third-order valence-corrected chi connectivity index (χ3v) is 4.32. The minimum atomic E-state index is 0.106. The van der Waals surface area contributed by atoms with Crippen LogP contribution in [0.2, 0.25) is 0 Å². The lowest BCUT2D eigenvalue weighted by atomic mass is 10.1. The Kier molecular flexibility index (Phi) is 7.36. The van der Waals surface area contributed by atoms with Crippen molar-refractivity contribution < 1.29 is 4.74 Å². The molecule has 0 N–H and O–H groups in total. The van der Waals surface area contributed by atoms with E-state index in [2.05, 4.69) is 6.92 Å². The zero-order valence-electron chi connectivity index (χ0n) is 15.4. The molecule has 1 heterocycles. The molecule has 0 saturated heterocycles. The number of pyridine rings is 1. The summed E-state index contributed by atoms with van der Waals surface area (Å²) in [7, 11) is 0. The molecule has 132 valence electrons. The predicted molar refractivity (Wildman–Crippen MR) is 102 cm³/mol. The number of hydrogen-bond donors (Lipinski definition) is 0. The third kappa shape index (κ3) is 5.40. The predicted octanol–water partition coefficient (Wildman–Crippen LogP) is 5.54. The molecule has 0 radical (unpaired) electrons. The summed E-state index contributed by atoms with van der Waals surface area (Å²) >= 11 is 0. The van der Waals surface area contributed by atoms with Gasteiger partial charge in [0.1, 0.15) is 5.75 Å². The number of ether oxygens (including phenoxy) is 1. The van der Waals surface area contributed by atoms with Gasteiger partial charge in [-0.1, -0.05) is 45.4 Å². The van der Waals surface area contributed by atoms with Gasteiger partial charge in [-0.2, -0.15) is 0 Å². The minimum Gasteiger partial charge on any atom is -0.491 e. The Morgan fingerprint density at radius 2 is 1.71 bits per heavy atom. The average Bonchev–Trinajstić information content (AvgIpc) is 2.55. The van der Waals surface area contributed by atoms with Gasteiger partial charge in [0.05, 0.1) is 6.10 Å². The van der Waals surface area contributed by atoms with Crippen molar-refractivity contribution in [2.75, 3.05) is 0 Å². The van der Waals surface area contributed by atoms with Gasteiger partial charge in [0, 0.05) is 18.1 Å². The van der Waals surface area contributed by atoms with E-state index in [1.165, 1.54) is 38.5 Å². The van der Waals surface area contributed by atoms with E-state index >= 15 is 0 Å². The second kappa shape index (κ2) is 9.51. The van der Waals surface area contributed by atoms with E-state index in [9.17, 15) is 4.79 Å². The van der Waals surface area contributed by atoms with Gasteiger partial charge >= 0.3 is 0 Å². The third-order valence-electron chi connectivity index (χ3n) is 4.32. The lowest BCUT2D eigenvalue weighted by Gasteiger charge is -2.11. The number of benzene rings is 1. The van der Waals surface area contributed by atoms with Gasteiger partial charge in [-0.05, 0) is 49.9 Å². The Balaban J connectivity index is 1.95. The van der Waals surface area contributed by atoms with Gasteiger partial charge in [-0.25, -0.2) is 0 Å². The first-order chi connectivity index (χ1) is 11.6. The monoisotopic (exact) mass is 329 g/mol. The van der Waals surface area contributed by atoms with Gasteiger partial charge in [0.2, 0.25) is 0 Å². The van der Waals surface area contributed by atoms with Gasteiger partial charge in [0.15, 0.2) is 0 Å². The highest BCUT2D eigenvalue weighted by molar-refractivity contribution is 5.82. The van der Waals surface area contributed by atoms with Crippen molar-refractivity contribution in [2.45, 2.75) is 78.4 Å². The maximum atomic E-state index is 12.6. The molecule has 2 aromatic rings. The number of aromatic nitrogens is 1. The molecule has 0 atom stereocenters. The van der Waals surface area contributed by atoms with Gasteiger partial charge in [-0.3, -0.25) is 4.79 Å².